The molecular weight excluding hydrogens is 404 g/mol. The van der Waals surface area contributed by atoms with Crippen molar-refractivity contribution in [3.8, 4) is 11.8 Å². The predicted octanol–water partition coefficient (Wildman–Crippen LogP) is 3.04. The van der Waals surface area contributed by atoms with Crippen LogP contribution in [0.3, 0.4) is 0 Å². The van der Waals surface area contributed by atoms with Crippen molar-refractivity contribution in [2.45, 2.75) is 6.61 Å². The minimum Gasteiger partial charge on any atom is -0.432 e. The summed E-state index contributed by atoms with van der Waals surface area (Å²) < 4.78 is 29.9. The Labute approximate surface area is 129 Å². The van der Waals surface area contributed by atoms with E-state index in [1.165, 1.54) is 6.07 Å². The van der Waals surface area contributed by atoms with Gasteiger partial charge in [0.1, 0.15) is 11.8 Å². The number of ether oxygens (including phenoxy) is 1. The highest BCUT2D eigenvalue weighted by Gasteiger charge is 2.14. The molecule has 0 aliphatic carbocycles. The number of nitriles is 1. The Kier molecular flexibility index (Phi) is 5.84. The van der Waals surface area contributed by atoms with Crippen molar-refractivity contribution in [2.75, 3.05) is 5.43 Å². The molecule has 0 atom stereocenters. The Morgan fingerprint density at radius 3 is 2.65 bits per heavy atom. The van der Waals surface area contributed by atoms with Crippen molar-refractivity contribution in [1.29, 1.82) is 10.7 Å². The number of rotatable bonds is 5. The summed E-state index contributed by atoms with van der Waals surface area (Å²) in [5.41, 5.74) is 7.16. The fourth-order valence-electron chi connectivity index (χ4n) is 1.10. The van der Waals surface area contributed by atoms with E-state index >= 15 is 0 Å². The monoisotopic (exact) mass is 409 g/mol. The summed E-state index contributed by atoms with van der Waals surface area (Å²) in [6.07, 6.45) is 0. The topological polar surface area (TPSA) is 107 Å². The number of anilines is 1. The summed E-state index contributed by atoms with van der Waals surface area (Å²) in [5, 5.41) is 19.3. The SMILES string of the molecule is N#C/C(=N\Nc1c(Br)cc(Br)cc1OC(F)F)C(=N)N. The van der Waals surface area contributed by atoms with Crippen LogP contribution >= 0.6 is 31.9 Å². The van der Waals surface area contributed by atoms with Crippen LogP contribution in [0.1, 0.15) is 0 Å². The number of alkyl halides is 2. The Morgan fingerprint density at radius 2 is 2.15 bits per heavy atom. The number of nitrogens with one attached hydrogen (secondary N) is 2. The third-order valence-electron chi connectivity index (χ3n) is 1.88. The fraction of sp³-hybridized carbons (Fsp3) is 0.100. The average molecular weight is 411 g/mol. The van der Waals surface area contributed by atoms with Crippen LogP contribution in [0.2, 0.25) is 0 Å². The lowest BCUT2D eigenvalue weighted by Crippen LogP contribution is -2.22. The molecule has 0 radical (unpaired) electrons. The Morgan fingerprint density at radius 1 is 1.50 bits per heavy atom. The molecule has 0 unspecified atom stereocenters. The molecule has 0 saturated heterocycles. The van der Waals surface area contributed by atoms with Gasteiger partial charge in [-0.3, -0.25) is 10.8 Å². The maximum Gasteiger partial charge on any atom is 0.387 e. The van der Waals surface area contributed by atoms with Gasteiger partial charge in [0.25, 0.3) is 0 Å². The van der Waals surface area contributed by atoms with Crippen LogP contribution in [0.4, 0.5) is 14.5 Å². The largest absolute Gasteiger partial charge is 0.432 e. The van der Waals surface area contributed by atoms with Crippen LogP contribution in [0, 0.1) is 16.7 Å². The highest BCUT2D eigenvalue weighted by atomic mass is 79.9. The van der Waals surface area contributed by atoms with Gasteiger partial charge in [0.05, 0.1) is 0 Å². The first-order chi connectivity index (χ1) is 9.35. The number of nitrogens with two attached hydrogens (primary N) is 1. The zero-order valence-corrected chi connectivity index (χ0v) is 12.8. The van der Waals surface area contributed by atoms with Crippen molar-refractivity contribution in [2.24, 2.45) is 10.8 Å². The number of amidine groups is 1. The van der Waals surface area contributed by atoms with E-state index in [9.17, 15) is 8.78 Å². The van der Waals surface area contributed by atoms with Gasteiger partial charge in [-0.2, -0.15) is 19.1 Å². The molecule has 0 bridgehead atoms. The molecular formula is C10H7Br2F2N5O. The molecule has 1 rings (SSSR count). The molecule has 0 aliphatic heterocycles. The van der Waals surface area contributed by atoms with Crippen molar-refractivity contribution in [1.82, 2.24) is 0 Å². The number of benzene rings is 1. The molecule has 1 aromatic carbocycles. The lowest BCUT2D eigenvalue weighted by molar-refractivity contribution is -0.0494. The van der Waals surface area contributed by atoms with Gasteiger partial charge < -0.3 is 10.5 Å². The first kappa shape index (κ1) is 16.3. The van der Waals surface area contributed by atoms with E-state index in [1.54, 1.807) is 12.1 Å². The summed E-state index contributed by atoms with van der Waals surface area (Å²) in [7, 11) is 0. The molecule has 0 heterocycles. The van der Waals surface area contributed by atoms with Crippen LogP contribution in [0.15, 0.2) is 26.2 Å². The van der Waals surface area contributed by atoms with Gasteiger partial charge in [-0.05, 0) is 28.1 Å². The zero-order chi connectivity index (χ0) is 15.3. The van der Waals surface area contributed by atoms with E-state index in [0.717, 1.165) is 0 Å². The van der Waals surface area contributed by atoms with Gasteiger partial charge in [0.2, 0.25) is 5.71 Å². The molecule has 0 aromatic heterocycles. The summed E-state index contributed by atoms with van der Waals surface area (Å²) in [4.78, 5) is 0. The van der Waals surface area contributed by atoms with Crippen molar-refractivity contribution in [3.63, 3.8) is 0 Å². The molecule has 0 saturated carbocycles. The van der Waals surface area contributed by atoms with E-state index in [2.05, 4.69) is 47.1 Å². The molecule has 10 heteroatoms. The number of halogens is 4. The zero-order valence-electron chi connectivity index (χ0n) is 9.62. The quantitative estimate of drug-likeness (QED) is 0.394. The minimum absolute atomic E-state index is 0.0718. The predicted molar refractivity (Wildman–Crippen MR) is 77.1 cm³/mol. The van der Waals surface area contributed by atoms with Gasteiger partial charge in [-0.1, -0.05) is 15.9 Å². The maximum absolute atomic E-state index is 12.3. The molecule has 0 amide bonds. The maximum atomic E-state index is 12.3. The Bertz CT molecular complexity index is 600. The molecule has 6 nitrogen and oxygen atoms in total. The van der Waals surface area contributed by atoms with E-state index < -0.39 is 12.4 Å². The van der Waals surface area contributed by atoms with Gasteiger partial charge >= 0.3 is 6.61 Å². The number of hydrogen-bond acceptors (Lipinski definition) is 5. The second kappa shape index (κ2) is 7.16. The number of hydrazone groups is 1. The van der Waals surface area contributed by atoms with Crippen LogP contribution in [0.5, 0.6) is 5.75 Å². The van der Waals surface area contributed by atoms with Crippen LogP contribution < -0.4 is 15.9 Å². The van der Waals surface area contributed by atoms with Gasteiger partial charge in [0, 0.05) is 8.95 Å². The molecule has 4 N–H and O–H groups in total. The van der Waals surface area contributed by atoms with E-state index in [0.29, 0.717) is 8.95 Å². The smallest absolute Gasteiger partial charge is 0.387 e. The van der Waals surface area contributed by atoms with Crippen molar-refractivity contribution >= 4 is 49.1 Å². The molecule has 106 valence electrons. The lowest BCUT2D eigenvalue weighted by Gasteiger charge is -2.12. The third-order valence-corrected chi connectivity index (χ3v) is 2.96. The Hall–Kier alpha value is -1.73. The second-order valence-corrected chi connectivity index (χ2v) is 5.01. The van der Waals surface area contributed by atoms with Crippen molar-refractivity contribution in [3.05, 3.63) is 21.1 Å². The fourth-order valence-corrected chi connectivity index (χ4v) is 2.38. The summed E-state index contributed by atoms with van der Waals surface area (Å²) in [6.45, 7) is -3.02. The van der Waals surface area contributed by atoms with E-state index in [1.807, 2.05) is 0 Å². The lowest BCUT2D eigenvalue weighted by atomic mass is 10.3. The van der Waals surface area contributed by atoms with Crippen LogP contribution in [-0.2, 0) is 0 Å². The first-order valence-electron chi connectivity index (χ1n) is 4.87. The summed E-state index contributed by atoms with van der Waals surface area (Å²) >= 11 is 6.27. The van der Waals surface area contributed by atoms with Crippen LogP contribution in [-0.4, -0.2) is 18.2 Å². The normalized spacial score (nSPS) is 11.1. The first-order valence-corrected chi connectivity index (χ1v) is 6.45. The van der Waals surface area contributed by atoms with E-state index in [-0.39, 0.29) is 17.1 Å². The molecule has 0 fully saturated rings. The summed E-state index contributed by atoms with van der Waals surface area (Å²) in [6, 6.07) is 4.45. The third kappa shape index (κ3) is 4.43. The average Bonchev–Trinajstić information content (AvgIpc) is 2.31. The molecule has 0 spiro atoms. The number of hydrogen-bond donors (Lipinski definition) is 3. The van der Waals surface area contributed by atoms with Gasteiger partial charge in [-0.25, -0.2) is 0 Å². The van der Waals surface area contributed by atoms with Gasteiger partial charge in [-0.15, -0.1) is 0 Å². The standard InChI is InChI=1S/C10H7Br2F2N5O/c11-4-1-5(12)8(7(2-4)20-10(13)14)19-18-6(3-15)9(16)17/h1-2,10,19H,(H3,16,17)/b18-6+. The second-order valence-electron chi connectivity index (χ2n) is 3.24. The molecule has 1 aromatic rings. The molecule has 0 aliphatic rings. The minimum atomic E-state index is -3.02. The Balaban J connectivity index is 3.17. The summed E-state index contributed by atoms with van der Waals surface area (Å²) in [5.74, 6) is -0.740. The molecule has 20 heavy (non-hydrogen) atoms. The van der Waals surface area contributed by atoms with Crippen LogP contribution in [0.25, 0.3) is 0 Å². The highest BCUT2D eigenvalue weighted by molar-refractivity contribution is 9.11. The van der Waals surface area contributed by atoms with Crippen molar-refractivity contribution < 1.29 is 13.5 Å². The highest BCUT2D eigenvalue weighted by Crippen LogP contribution is 2.37. The van der Waals surface area contributed by atoms with Gasteiger partial charge in [0.15, 0.2) is 11.6 Å². The van der Waals surface area contributed by atoms with E-state index in [4.69, 9.17) is 16.4 Å². The number of nitrogens with zero attached hydrogens (tertiary/aromatic N) is 2.